The Morgan fingerprint density at radius 2 is 1.70 bits per heavy atom. The molecule has 148 valence electrons. The molecule has 1 aromatic rings. The van der Waals surface area contributed by atoms with Crippen molar-refractivity contribution in [2.75, 3.05) is 7.11 Å². The predicted molar refractivity (Wildman–Crippen MR) is 100 cm³/mol. The molecule has 0 aliphatic carbocycles. The Morgan fingerprint density at radius 3 is 2.22 bits per heavy atom. The highest BCUT2D eigenvalue weighted by Gasteiger charge is 2.50. The first-order valence-corrected chi connectivity index (χ1v) is 9.31. The molecule has 0 aromatic heterocycles. The lowest BCUT2D eigenvalue weighted by Crippen LogP contribution is -2.53. The molecular formula is C18H19Cl3O6. The van der Waals surface area contributed by atoms with Crippen molar-refractivity contribution in [2.24, 2.45) is 0 Å². The number of rotatable bonds is 4. The van der Waals surface area contributed by atoms with E-state index in [1.807, 2.05) is 0 Å². The molecule has 1 saturated heterocycles. The fourth-order valence-corrected chi connectivity index (χ4v) is 4.01. The van der Waals surface area contributed by atoms with Crippen molar-refractivity contribution in [3.05, 3.63) is 32.8 Å². The van der Waals surface area contributed by atoms with Crippen molar-refractivity contribution in [1.29, 1.82) is 0 Å². The molecule has 0 N–H and O–H groups in total. The lowest BCUT2D eigenvalue weighted by molar-refractivity contribution is -0.207. The first-order valence-electron chi connectivity index (χ1n) is 8.18. The topological polar surface area (TPSA) is 78.9 Å². The lowest BCUT2D eigenvalue weighted by atomic mass is 9.84. The smallest absolute Gasteiger partial charge is 0.348 e. The summed E-state index contributed by atoms with van der Waals surface area (Å²) in [5.41, 5.74) is -2.50. The summed E-state index contributed by atoms with van der Waals surface area (Å²) in [5.74, 6) is -2.70. The molecule has 0 spiro atoms. The van der Waals surface area contributed by atoms with E-state index >= 15 is 0 Å². The van der Waals surface area contributed by atoms with E-state index in [0.29, 0.717) is 12.8 Å². The van der Waals surface area contributed by atoms with Crippen LogP contribution in [0.5, 0.6) is 0 Å². The van der Waals surface area contributed by atoms with Gasteiger partial charge in [0.15, 0.2) is 5.60 Å². The Morgan fingerprint density at radius 1 is 1.11 bits per heavy atom. The monoisotopic (exact) mass is 436 g/mol. The van der Waals surface area contributed by atoms with E-state index in [-0.39, 0.29) is 33.5 Å². The summed E-state index contributed by atoms with van der Waals surface area (Å²) in [7, 11) is 1.20. The van der Waals surface area contributed by atoms with Crippen LogP contribution in [0.1, 0.15) is 49.9 Å². The molecule has 2 rings (SSSR count). The number of hydrogen-bond donors (Lipinski definition) is 0. The van der Waals surface area contributed by atoms with Crippen LogP contribution in [0.25, 0.3) is 0 Å². The fraction of sp³-hybridized carbons (Fsp3) is 0.500. The van der Waals surface area contributed by atoms with E-state index in [9.17, 15) is 14.4 Å². The highest BCUT2D eigenvalue weighted by molar-refractivity contribution is 6.42. The first-order chi connectivity index (χ1) is 12.5. The minimum Gasteiger partial charge on any atom is -0.469 e. The Labute approximate surface area is 172 Å². The van der Waals surface area contributed by atoms with Crippen LogP contribution in [0.3, 0.4) is 0 Å². The number of hydrogen-bond acceptors (Lipinski definition) is 6. The molecule has 1 aliphatic rings. The lowest BCUT2D eigenvalue weighted by Gasteiger charge is -2.42. The third-order valence-electron chi connectivity index (χ3n) is 4.26. The molecule has 1 heterocycles. The minimum absolute atomic E-state index is 0.0581. The maximum Gasteiger partial charge on any atom is 0.348 e. The third-order valence-corrected chi connectivity index (χ3v) is 5.07. The molecule has 1 fully saturated rings. The molecule has 6 nitrogen and oxygen atoms in total. The Hall–Kier alpha value is -1.34. The molecule has 1 atom stereocenters. The summed E-state index contributed by atoms with van der Waals surface area (Å²) in [6.07, 6.45) is 1.13. The van der Waals surface area contributed by atoms with E-state index in [2.05, 4.69) is 4.74 Å². The van der Waals surface area contributed by atoms with Crippen molar-refractivity contribution < 1.29 is 28.6 Å². The summed E-state index contributed by atoms with van der Waals surface area (Å²) in [4.78, 5) is 37.2. The number of carbonyl (C=O) groups excluding carboxylic acids is 3. The summed E-state index contributed by atoms with van der Waals surface area (Å²) < 4.78 is 15.6. The van der Waals surface area contributed by atoms with Crippen LogP contribution in [0.4, 0.5) is 0 Å². The summed E-state index contributed by atoms with van der Waals surface area (Å²) in [5, 5.41) is 0.113. The Bertz CT molecular complexity index is 753. The molecule has 9 heteroatoms. The quantitative estimate of drug-likeness (QED) is 0.505. The van der Waals surface area contributed by atoms with Gasteiger partial charge < -0.3 is 14.2 Å². The number of benzene rings is 1. The first kappa shape index (κ1) is 22.0. The molecule has 0 unspecified atom stereocenters. The summed E-state index contributed by atoms with van der Waals surface area (Å²) >= 11 is 17.8. The molecule has 0 saturated carbocycles. The van der Waals surface area contributed by atoms with Crippen molar-refractivity contribution in [3.8, 4) is 0 Å². The number of ether oxygens (including phenoxy) is 3. The SMILES string of the molecule is COC(=O)C[C@@]1(C(=O)OC(=O)c2c(Cl)cc(Cl)cc2Cl)CCCC(C)(C)O1. The largest absolute Gasteiger partial charge is 0.469 e. The fourth-order valence-electron chi connectivity index (χ4n) is 3.04. The zero-order chi connectivity index (χ0) is 20.4. The van der Waals surface area contributed by atoms with Crippen LogP contribution < -0.4 is 0 Å². The van der Waals surface area contributed by atoms with E-state index in [4.69, 9.17) is 44.3 Å². The van der Waals surface area contributed by atoms with Gasteiger partial charge in [-0.3, -0.25) is 4.79 Å². The van der Waals surface area contributed by atoms with Crippen LogP contribution >= 0.6 is 34.8 Å². The van der Waals surface area contributed by atoms with Crippen LogP contribution in [0.15, 0.2) is 12.1 Å². The molecule has 0 bridgehead atoms. The van der Waals surface area contributed by atoms with Gasteiger partial charge in [0.25, 0.3) is 0 Å². The van der Waals surface area contributed by atoms with E-state index in [0.717, 1.165) is 0 Å². The van der Waals surface area contributed by atoms with E-state index in [1.54, 1.807) is 13.8 Å². The van der Waals surface area contributed by atoms with Gasteiger partial charge in [-0.2, -0.15) is 0 Å². The van der Waals surface area contributed by atoms with Crippen LogP contribution in [0, 0.1) is 0 Å². The van der Waals surface area contributed by atoms with Gasteiger partial charge in [-0.15, -0.1) is 0 Å². The Kier molecular flexibility index (Phi) is 6.79. The second kappa shape index (κ2) is 8.35. The van der Waals surface area contributed by atoms with Crippen molar-refractivity contribution in [3.63, 3.8) is 0 Å². The number of halogens is 3. The van der Waals surface area contributed by atoms with Gasteiger partial charge >= 0.3 is 17.9 Å². The second-order valence-electron chi connectivity index (χ2n) is 6.88. The van der Waals surface area contributed by atoms with Gasteiger partial charge in [-0.05, 0) is 45.2 Å². The van der Waals surface area contributed by atoms with E-state index in [1.165, 1.54) is 19.2 Å². The van der Waals surface area contributed by atoms with Crippen molar-refractivity contribution >= 4 is 52.7 Å². The molecular weight excluding hydrogens is 419 g/mol. The molecule has 27 heavy (non-hydrogen) atoms. The van der Waals surface area contributed by atoms with Crippen molar-refractivity contribution in [2.45, 2.75) is 50.7 Å². The van der Waals surface area contributed by atoms with Gasteiger partial charge in [0.2, 0.25) is 0 Å². The predicted octanol–water partition coefficient (Wildman–Crippen LogP) is 4.61. The molecule has 1 aliphatic heterocycles. The average Bonchev–Trinajstić information content (AvgIpc) is 2.52. The average molecular weight is 438 g/mol. The number of carbonyl (C=O) groups is 3. The van der Waals surface area contributed by atoms with Crippen molar-refractivity contribution in [1.82, 2.24) is 0 Å². The van der Waals surface area contributed by atoms with Gasteiger partial charge in [0.1, 0.15) is 0 Å². The maximum atomic E-state index is 12.8. The zero-order valence-corrected chi connectivity index (χ0v) is 17.3. The van der Waals surface area contributed by atoms with Gasteiger partial charge in [-0.25, -0.2) is 9.59 Å². The van der Waals surface area contributed by atoms with Gasteiger partial charge in [0, 0.05) is 5.02 Å². The minimum atomic E-state index is -1.63. The zero-order valence-electron chi connectivity index (χ0n) is 15.1. The van der Waals surface area contributed by atoms with Gasteiger partial charge in [-0.1, -0.05) is 34.8 Å². The Balaban J connectivity index is 2.31. The standard InChI is InChI=1S/C18H19Cl3O6/c1-17(2)5-4-6-18(27-17,9-13(22)25-3)16(24)26-15(23)14-11(20)7-10(19)8-12(14)21/h7-8H,4-6,9H2,1-3H3/t18-/m1/s1. The molecule has 0 amide bonds. The third kappa shape index (κ3) is 5.13. The summed E-state index contributed by atoms with van der Waals surface area (Å²) in [6, 6.07) is 2.61. The second-order valence-corrected chi connectivity index (χ2v) is 8.13. The van der Waals surface area contributed by atoms with Gasteiger partial charge in [0.05, 0.1) is 34.7 Å². The van der Waals surface area contributed by atoms with Crippen LogP contribution in [0.2, 0.25) is 15.1 Å². The number of esters is 3. The highest BCUT2D eigenvalue weighted by atomic mass is 35.5. The highest BCUT2D eigenvalue weighted by Crippen LogP contribution is 2.39. The van der Waals surface area contributed by atoms with Crippen LogP contribution in [-0.2, 0) is 23.8 Å². The molecule has 0 radical (unpaired) electrons. The summed E-state index contributed by atoms with van der Waals surface area (Å²) in [6.45, 7) is 3.58. The van der Waals surface area contributed by atoms with Crippen LogP contribution in [-0.4, -0.2) is 36.2 Å². The molecule has 1 aromatic carbocycles. The normalized spacial score (nSPS) is 21.4. The van der Waals surface area contributed by atoms with E-state index < -0.39 is 29.1 Å². The maximum absolute atomic E-state index is 12.8. The number of methoxy groups -OCH3 is 1.